The summed E-state index contributed by atoms with van der Waals surface area (Å²) in [4.78, 5) is 11.7. The second kappa shape index (κ2) is 6.22. The number of alkyl halides is 1. The van der Waals surface area contributed by atoms with Gasteiger partial charge in [0.2, 0.25) is 0 Å². The molecule has 1 aromatic carbocycles. The smallest absolute Gasteiger partial charge is 0.251 e. The summed E-state index contributed by atoms with van der Waals surface area (Å²) >= 11 is 3.24. The molecule has 1 aromatic rings. The molecule has 1 atom stereocenters. The maximum Gasteiger partial charge on any atom is 0.251 e. The largest absolute Gasteiger partial charge is 0.348 e. The second-order valence-corrected chi connectivity index (χ2v) is 4.88. The molecular formula is C12H13BrF3NO. The van der Waals surface area contributed by atoms with Crippen molar-refractivity contribution in [2.45, 2.75) is 19.9 Å². The molecule has 1 amide bonds. The highest BCUT2D eigenvalue weighted by molar-refractivity contribution is 9.09. The summed E-state index contributed by atoms with van der Waals surface area (Å²) in [6, 6.07) is 1.19. The molecule has 0 heterocycles. The predicted molar refractivity (Wildman–Crippen MR) is 66.2 cm³/mol. The zero-order chi connectivity index (χ0) is 13.9. The Bertz CT molecular complexity index is 428. The first kappa shape index (κ1) is 15.0. The molecule has 100 valence electrons. The van der Waals surface area contributed by atoms with E-state index >= 15 is 0 Å². The summed E-state index contributed by atoms with van der Waals surface area (Å²) in [6.45, 7) is 3.80. The first-order valence-corrected chi connectivity index (χ1v) is 6.50. The van der Waals surface area contributed by atoms with Crippen LogP contribution in [0.1, 0.15) is 24.2 Å². The topological polar surface area (TPSA) is 29.1 Å². The quantitative estimate of drug-likeness (QED) is 0.668. The standard InChI is InChI=1S/C12H13BrF3NO/c1-6(2)10(5-13)17-12(18)7-3-8(14)11(16)9(15)4-7/h3-4,6,10H,5H2,1-2H3,(H,17,18). The van der Waals surface area contributed by atoms with Crippen molar-refractivity contribution in [3.05, 3.63) is 35.1 Å². The van der Waals surface area contributed by atoms with E-state index < -0.39 is 23.4 Å². The van der Waals surface area contributed by atoms with Gasteiger partial charge in [0.1, 0.15) is 0 Å². The van der Waals surface area contributed by atoms with Gasteiger partial charge in [0.05, 0.1) is 0 Å². The van der Waals surface area contributed by atoms with Crippen LogP contribution in [-0.4, -0.2) is 17.3 Å². The van der Waals surface area contributed by atoms with Crippen molar-refractivity contribution in [1.82, 2.24) is 5.32 Å². The van der Waals surface area contributed by atoms with Gasteiger partial charge in [-0.1, -0.05) is 29.8 Å². The number of hydrogen-bond donors (Lipinski definition) is 1. The summed E-state index contributed by atoms with van der Waals surface area (Å²) in [5.41, 5.74) is -0.238. The number of rotatable bonds is 4. The lowest BCUT2D eigenvalue weighted by atomic mass is 10.1. The van der Waals surface area contributed by atoms with E-state index in [9.17, 15) is 18.0 Å². The minimum absolute atomic E-state index is 0.156. The highest BCUT2D eigenvalue weighted by atomic mass is 79.9. The molecule has 0 saturated heterocycles. The van der Waals surface area contributed by atoms with Crippen LogP contribution in [0.25, 0.3) is 0 Å². The third-order valence-corrected chi connectivity index (χ3v) is 3.23. The molecule has 0 aliphatic rings. The van der Waals surface area contributed by atoms with Crippen molar-refractivity contribution in [2.24, 2.45) is 5.92 Å². The van der Waals surface area contributed by atoms with Crippen LogP contribution in [0.2, 0.25) is 0 Å². The third-order valence-electron chi connectivity index (χ3n) is 2.53. The molecule has 6 heteroatoms. The molecule has 0 bridgehead atoms. The van der Waals surface area contributed by atoms with Crippen LogP contribution < -0.4 is 5.32 Å². The zero-order valence-electron chi connectivity index (χ0n) is 9.94. The summed E-state index contributed by atoms with van der Waals surface area (Å²) in [6.07, 6.45) is 0. The monoisotopic (exact) mass is 323 g/mol. The van der Waals surface area contributed by atoms with E-state index in [2.05, 4.69) is 21.2 Å². The summed E-state index contributed by atoms with van der Waals surface area (Å²) in [7, 11) is 0. The van der Waals surface area contributed by atoms with Crippen LogP contribution >= 0.6 is 15.9 Å². The third kappa shape index (κ3) is 3.48. The number of carbonyl (C=O) groups is 1. The van der Waals surface area contributed by atoms with Gasteiger partial charge < -0.3 is 5.32 Å². The van der Waals surface area contributed by atoms with Gasteiger partial charge in [-0.05, 0) is 18.1 Å². The second-order valence-electron chi connectivity index (χ2n) is 4.23. The Hall–Kier alpha value is -1.04. The highest BCUT2D eigenvalue weighted by Crippen LogP contribution is 2.14. The molecule has 1 rings (SSSR count). The first-order valence-electron chi connectivity index (χ1n) is 5.38. The maximum atomic E-state index is 13.0. The Morgan fingerprint density at radius 1 is 1.28 bits per heavy atom. The normalized spacial score (nSPS) is 12.6. The van der Waals surface area contributed by atoms with Crippen LogP contribution in [0.4, 0.5) is 13.2 Å². The number of nitrogens with one attached hydrogen (secondary N) is 1. The fourth-order valence-electron chi connectivity index (χ4n) is 1.32. The van der Waals surface area contributed by atoms with E-state index in [4.69, 9.17) is 0 Å². The Morgan fingerprint density at radius 3 is 2.17 bits per heavy atom. The van der Waals surface area contributed by atoms with Crippen molar-refractivity contribution >= 4 is 21.8 Å². The molecule has 18 heavy (non-hydrogen) atoms. The van der Waals surface area contributed by atoms with Crippen LogP contribution in [0.15, 0.2) is 12.1 Å². The number of benzene rings is 1. The van der Waals surface area contributed by atoms with Crippen LogP contribution in [-0.2, 0) is 0 Å². The van der Waals surface area contributed by atoms with Gasteiger partial charge in [-0.3, -0.25) is 4.79 Å². The summed E-state index contributed by atoms with van der Waals surface area (Å²) in [5.74, 6) is -4.80. The zero-order valence-corrected chi connectivity index (χ0v) is 11.5. The van der Waals surface area contributed by atoms with Gasteiger partial charge in [0.15, 0.2) is 17.5 Å². The lowest BCUT2D eigenvalue weighted by Crippen LogP contribution is -2.39. The maximum absolute atomic E-state index is 13.0. The molecule has 0 aliphatic carbocycles. The lowest BCUT2D eigenvalue weighted by molar-refractivity contribution is 0.0930. The van der Waals surface area contributed by atoms with Gasteiger partial charge in [-0.15, -0.1) is 0 Å². The van der Waals surface area contributed by atoms with E-state index in [1.807, 2.05) is 13.8 Å². The van der Waals surface area contributed by atoms with Crippen LogP contribution in [0.3, 0.4) is 0 Å². The van der Waals surface area contributed by atoms with E-state index in [1.165, 1.54) is 0 Å². The van der Waals surface area contributed by atoms with Crippen molar-refractivity contribution in [2.75, 3.05) is 5.33 Å². The van der Waals surface area contributed by atoms with Crippen molar-refractivity contribution < 1.29 is 18.0 Å². The number of hydrogen-bond acceptors (Lipinski definition) is 1. The Morgan fingerprint density at radius 2 is 1.78 bits per heavy atom. The first-order chi connectivity index (χ1) is 8.36. The van der Waals surface area contributed by atoms with Gasteiger partial charge in [-0.2, -0.15) is 0 Å². The molecule has 1 N–H and O–H groups in total. The fraction of sp³-hybridized carbons (Fsp3) is 0.417. The van der Waals surface area contributed by atoms with Crippen LogP contribution in [0, 0.1) is 23.4 Å². The Balaban J connectivity index is 2.91. The van der Waals surface area contributed by atoms with Gasteiger partial charge in [0.25, 0.3) is 5.91 Å². The van der Waals surface area contributed by atoms with Crippen LogP contribution in [0.5, 0.6) is 0 Å². The van der Waals surface area contributed by atoms with Gasteiger partial charge in [0, 0.05) is 16.9 Å². The minimum atomic E-state index is -1.58. The molecular weight excluding hydrogens is 311 g/mol. The Kier molecular flexibility index (Phi) is 5.19. The van der Waals surface area contributed by atoms with E-state index in [0.717, 1.165) is 0 Å². The molecule has 2 nitrogen and oxygen atoms in total. The predicted octanol–water partition coefficient (Wildman–Crippen LogP) is 3.25. The average Bonchev–Trinajstić information content (AvgIpc) is 2.31. The summed E-state index contributed by atoms with van der Waals surface area (Å²) in [5, 5.41) is 3.13. The van der Waals surface area contributed by atoms with E-state index in [1.54, 1.807) is 0 Å². The van der Waals surface area contributed by atoms with Gasteiger partial charge in [-0.25, -0.2) is 13.2 Å². The van der Waals surface area contributed by atoms with Crippen molar-refractivity contribution in [3.8, 4) is 0 Å². The molecule has 0 aromatic heterocycles. The number of halogens is 4. The van der Waals surface area contributed by atoms with Crippen molar-refractivity contribution in [3.63, 3.8) is 0 Å². The van der Waals surface area contributed by atoms with Crippen molar-refractivity contribution in [1.29, 1.82) is 0 Å². The Labute approximate surface area is 112 Å². The number of carbonyl (C=O) groups excluding carboxylic acids is 1. The highest BCUT2D eigenvalue weighted by Gasteiger charge is 2.19. The van der Waals surface area contributed by atoms with Gasteiger partial charge >= 0.3 is 0 Å². The average molecular weight is 324 g/mol. The number of amides is 1. The molecule has 0 radical (unpaired) electrons. The molecule has 0 fully saturated rings. The molecule has 1 unspecified atom stereocenters. The van der Waals surface area contributed by atoms with E-state index in [0.29, 0.717) is 17.5 Å². The molecule has 0 saturated carbocycles. The fourth-order valence-corrected chi connectivity index (χ4v) is 2.23. The lowest BCUT2D eigenvalue weighted by Gasteiger charge is -2.19. The molecule has 0 spiro atoms. The minimum Gasteiger partial charge on any atom is -0.348 e. The van der Waals surface area contributed by atoms with E-state index in [-0.39, 0.29) is 17.5 Å². The molecule has 0 aliphatic heterocycles. The summed E-state index contributed by atoms with van der Waals surface area (Å²) < 4.78 is 38.7. The SMILES string of the molecule is CC(C)C(CBr)NC(=O)c1cc(F)c(F)c(F)c1.